The van der Waals surface area contributed by atoms with Crippen LogP contribution in [-0.4, -0.2) is 46.3 Å². The number of carbonyl (C=O) groups is 1. The van der Waals surface area contributed by atoms with E-state index in [-0.39, 0.29) is 12.1 Å². The number of aliphatic hydroxyl groups is 1. The minimum absolute atomic E-state index is 0.203. The number of fused-ring (bicyclic) bond motifs is 1. The number of nitrogens with zero attached hydrogens (tertiary/aromatic N) is 1. The van der Waals surface area contributed by atoms with Gasteiger partial charge in [0.25, 0.3) is 0 Å². The van der Waals surface area contributed by atoms with Crippen molar-refractivity contribution in [1.82, 2.24) is 4.90 Å². The van der Waals surface area contributed by atoms with Gasteiger partial charge in [0, 0.05) is 19.0 Å². The summed E-state index contributed by atoms with van der Waals surface area (Å²) in [5, 5.41) is 19.1. The largest absolute Gasteiger partial charge is 0.480 e. The van der Waals surface area contributed by atoms with Crippen LogP contribution in [0, 0.1) is 11.8 Å². The summed E-state index contributed by atoms with van der Waals surface area (Å²) in [4.78, 5) is 13.4. The van der Waals surface area contributed by atoms with E-state index >= 15 is 0 Å². The monoisotopic (exact) mass is 241 g/mol. The fourth-order valence-corrected chi connectivity index (χ4v) is 3.39. The topological polar surface area (TPSA) is 60.8 Å². The van der Waals surface area contributed by atoms with Gasteiger partial charge in [-0.2, -0.15) is 0 Å². The van der Waals surface area contributed by atoms with Crippen molar-refractivity contribution in [1.29, 1.82) is 0 Å². The Bertz CT molecular complexity index is 282. The lowest BCUT2D eigenvalue weighted by molar-refractivity contribution is -0.143. The van der Waals surface area contributed by atoms with Crippen molar-refractivity contribution in [3.8, 4) is 0 Å². The Kier molecular flexibility index (Phi) is 4.05. The Hall–Kier alpha value is -0.610. The van der Waals surface area contributed by atoms with Gasteiger partial charge < -0.3 is 10.2 Å². The third-order valence-corrected chi connectivity index (χ3v) is 4.40. The first-order chi connectivity index (χ1) is 8.13. The molecule has 0 bridgehead atoms. The molecule has 98 valence electrons. The highest BCUT2D eigenvalue weighted by molar-refractivity contribution is 5.73. The molecular weight excluding hydrogens is 218 g/mol. The van der Waals surface area contributed by atoms with Crippen LogP contribution in [0.3, 0.4) is 0 Å². The van der Waals surface area contributed by atoms with Crippen LogP contribution in [0.15, 0.2) is 0 Å². The molecule has 1 saturated carbocycles. The number of carboxylic acid groups (broad SMARTS) is 1. The molecule has 0 aromatic carbocycles. The van der Waals surface area contributed by atoms with Gasteiger partial charge in [-0.05, 0) is 25.2 Å². The second kappa shape index (κ2) is 5.36. The molecule has 4 unspecified atom stereocenters. The first-order valence-electron chi connectivity index (χ1n) is 6.78. The summed E-state index contributed by atoms with van der Waals surface area (Å²) < 4.78 is 0. The van der Waals surface area contributed by atoms with Gasteiger partial charge in [-0.25, -0.2) is 0 Å². The van der Waals surface area contributed by atoms with Crippen LogP contribution in [-0.2, 0) is 4.79 Å². The maximum Gasteiger partial charge on any atom is 0.320 e. The van der Waals surface area contributed by atoms with E-state index in [4.69, 9.17) is 0 Å². The molecule has 0 amide bonds. The molecule has 2 rings (SSSR count). The predicted octanol–water partition coefficient (Wildman–Crippen LogP) is 1.33. The molecular formula is C13H23NO3. The smallest absolute Gasteiger partial charge is 0.320 e. The molecule has 0 aromatic rings. The quantitative estimate of drug-likeness (QED) is 0.762. The number of rotatable bonds is 5. The first kappa shape index (κ1) is 12.8. The van der Waals surface area contributed by atoms with Crippen molar-refractivity contribution in [2.24, 2.45) is 11.8 Å². The van der Waals surface area contributed by atoms with Crippen LogP contribution in [0.2, 0.25) is 0 Å². The highest BCUT2D eigenvalue weighted by Crippen LogP contribution is 2.39. The molecule has 0 radical (unpaired) electrons. The third-order valence-electron chi connectivity index (χ3n) is 4.40. The van der Waals surface area contributed by atoms with E-state index < -0.39 is 5.97 Å². The normalized spacial score (nSPS) is 34.8. The Morgan fingerprint density at radius 2 is 2.18 bits per heavy atom. The fourth-order valence-electron chi connectivity index (χ4n) is 3.39. The van der Waals surface area contributed by atoms with Crippen molar-refractivity contribution in [3.63, 3.8) is 0 Å². The molecule has 1 aliphatic heterocycles. The van der Waals surface area contributed by atoms with E-state index in [2.05, 4.69) is 11.8 Å². The van der Waals surface area contributed by atoms with Gasteiger partial charge in [-0.1, -0.05) is 19.8 Å². The second-order valence-electron chi connectivity index (χ2n) is 5.52. The molecule has 17 heavy (non-hydrogen) atoms. The number of aliphatic carboxylic acids is 1. The van der Waals surface area contributed by atoms with E-state index in [9.17, 15) is 15.0 Å². The molecule has 2 fully saturated rings. The highest BCUT2D eigenvalue weighted by Gasteiger charge is 2.44. The lowest BCUT2D eigenvalue weighted by Gasteiger charge is -2.25. The second-order valence-corrected chi connectivity index (χ2v) is 5.52. The standard InChI is InChI=1S/C13H23NO3/c1-2-3-4-11(13(16)17)14-7-9-5-6-12(15)10(9)8-14/h9-12,15H,2-8H2,1H3,(H,16,17). The van der Waals surface area contributed by atoms with E-state index in [0.717, 1.165) is 45.2 Å². The number of aliphatic hydroxyl groups excluding tert-OH is 1. The molecule has 4 heteroatoms. The van der Waals surface area contributed by atoms with Crippen molar-refractivity contribution >= 4 is 5.97 Å². The lowest BCUT2D eigenvalue weighted by Crippen LogP contribution is -2.40. The zero-order chi connectivity index (χ0) is 12.4. The average Bonchev–Trinajstić information content (AvgIpc) is 2.82. The number of unbranched alkanes of at least 4 members (excludes halogenated alkanes) is 1. The van der Waals surface area contributed by atoms with Crippen molar-refractivity contribution in [3.05, 3.63) is 0 Å². The summed E-state index contributed by atoms with van der Waals surface area (Å²) in [5.41, 5.74) is 0. The van der Waals surface area contributed by atoms with E-state index in [1.54, 1.807) is 0 Å². The van der Waals surface area contributed by atoms with Gasteiger partial charge in [0.05, 0.1) is 6.10 Å². The molecule has 4 nitrogen and oxygen atoms in total. The number of hydrogen-bond donors (Lipinski definition) is 2. The van der Waals surface area contributed by atoms with Crippen LogP contribution in [0.5, 0.6) is 0 Å². The summed E-state index contributed by atoms with van der Waals surface area (Å²) >= 11 is 0. The average molecular weight is 241 g/mol. The maximum atomic E-state index is 11.3. The molecule has 1 aliphatic carbocycles. The molecule has 2 aliphatic rings. The summed E-state index contributed by atoms with van der Waals surface area (Å²) in [7, 11) is 0. The van der Waals surface area contributed by atoms with Crippen LogP contribution in [0.1, 0.15) is 39.0 Å². The molecule has 2 N–H and O–H groups in total. The van der Waals surface area contributed by atoms with Crippen molar-refractivity contribution in [2.75, 3.05) is 13.1 Å². The first-order valence-corrected chi connectivity index (χ1v) is 6.78. The lowest BCUT2D eigenvalue weighted by atomic mass is 10.00. The van der Waals surface area contributed by atoms with Crippen LogP contribution >= 0.6 is 0 Å². The van der Waals surface area contributed by atoms with E-state index in [1.807, 2.05) is 0 Å². The number of hydrogen-bond acceptors (Lipinski definition) is 3. The van der Waals surface area contributed by atoms with Gasteiger partial charge in [0.15, 0.2) is 0 Å². The van der Waals surface area contributed by atoms with Crippen LogP contribution < -0.4 is 0 Å². The molecule has 4 atom stereocenters. The number of carboxylic acids is 1. The summed E-state index contributed by atoms with van der Waals surface area (Å²) in [6.07, 6.45) is 4.49. The molecule has 1 heterocycles. The number of likely N-dealkylation sites (tertiary alicyclic amines) is 1. The summed E-state index contributed by atoms with van der Waals surface area (Å²) in [6, 6.07) is -0.340. The Balaban J connectivity index is 1.95. The predicted molar refractivity (Wildman–Crippen MR) is 64.7 cm³/mol. The van der Waals surface area contributed by atoms with Gasteiger partial charge in [0.1, 0.15) is 6.04 Å². The summed E-state index contributed by atoms with van der Waals surface area (Å²) in [6.45, 7) is 3.72. The van der Waals surface area contributed by atoms with Crippen LogP contribution in [0.25, 0.3) is 0 Å². The zero-order valence-electron chi connectivity index (χ0n) is 10.5. The molecule has 0 aromatic heterocycles. The molecule has 1 saturated heterocycles. The van der Waals surface area contributed by atoms with Crippen LogP contribution in [0.4, 0.5) is 0 Å². The van der Waals surface area contributed by atoms with E-state index in [0.29, 0.717) is 11.8 Å². The van der Waals surface area contributed by atoms with Gasteiger partial charge in [-0.3, -0.25) is 9.69 Å². The van der Waals surface area contributed by atoms with Crippen molar-refractivity contribution < 1.29 is 15.0 Å². The van der Waals surface area contributed by atoms with Gasteiger partial charge in [0.2, 0.25) is 0 Å². The third kappa shape index (κ3) is 2.63. The van der Waals surface area contributed by atoms with Gasteiger partial charge >= 0.3 is 5.97 Å². The van der Waals surface area contributed by atoms with E-state index in [1.165, 1.54) is 0 Å². The van der Waals surface area contributed by atoms with Crippen molar-refractivity contribution in [2.45, 2.75) is 51.2 Å². The SMILES string of the molecule is CCCCC(C(=O)O)N1CC2CCC(O)C2C1. The minimum Gasteiger partial charge on any atom is -0.480 e. The minimum atomic E-state index is -0.701. The zero-order valence-corrected chi connectivity index (χ0v) is 10.5. The Morgan fingerprint density at radius 3 is 2.76 bits per heavy atom. The molecule has 0 spiro atoms. The summed E-state index contributed by atoms with van der Waals surface area (Å²) in [5.74, 6) is 0.139. The highest BCUT2D eigenvalue weighted by atomic mass is 16.4. The fraction of sp³-hybridized carbons (Fsp3) is 0.923. The van der Waals surface area contributed by atoms with Gasteiger partial charge in [-0.15, -0.1) is 0 Å². The maximum absolute atomic E-state index is 11.3. The Labute approximate surface area is 103 Å². The Morgan fingerprint density at radius 1 is 1.41 bits per heavy atom.